The molecule has 1 aliphatic rings. The van der Waals surface area contributed by atoms with Crippen LogP contribution < -0.4 is 15.4 Å². The fourth-order valence-electron chi connectivity index (χ4n) is 2.45. The molecule has 11 heteroatoms. The Labute approximate surface area is 153 Å². The highest BCUT2D eigenvalue weighted by molar-refractivity contribution is 5.94. The van der Waals surface area contributed by atoms with Gasteiger partial charge in [0.1, 0.15) is 6.61 Å². The quantitative estimate of drug-likeness (QED) is 0.675. The normalized spacial score (nSPS) is 13.5. The maximum absolute atomic E-state index is 12.4. The average Bonchev–Trinajstić information content (AvgIpc) is 3.02. The SMILES string of the molecule is Cl.O=C(NCCOc1ccc(C(F)(F)F)cn1)c1n[nH]c2c1CNCC2. The van der Waals surface area contributed by atoms with Gasteiger partial charge in [-0.3, -0.25) is 9.89 Å². The summed E-state index contributed by atoms with van der Waals surface area (Å²) < 4.78 is 42.5. The molecule has 0 radical (unpaired) electrons. The molecule has 0 bridgehead atoms. The summed E-state index contributed by atoms with van der Waals surface area (Å²) in [5.41, 5.74) is 1.31. The zero-order valence-corrected chi connectivity index (χ0v) is 14.3. The number of amides is 1. The van der Waals surface area contributed by atoms with Crippen molar-refractivity contribution in [2.24, 2.45) is 0 Å². The first-order chi connectivity index (χ1) is 11.9. The van der Waals surface area contributed by atoms with E-state index >= 15 is 0 Å². The first-order valence-corrected chi connectivity index (χ1v) is 7.66. The number of alkyl halides is 3. The molecule has 3 rings (SSSR count). The lowest BCUT2D eigenvalue weighted by atomic mass is 10.1. The second kappa shape index (κ2) is 8.37. The molecule has 0 saturated carbocycles. The van der Waals surface area contributed by atoms with Crippen molar-refractivity contribution in [3.63, 3.8) is 0 Å². The van der Waals surface area contributed by atoms with Gasteiger partial charge in [0.2, 0.25) is 5.88 Å². The van der Waals surface area contributed by atoms with Crippen molar-refractivity contribution in [3.05, 3.63) is 40.8 Å². The van der Waals surface area contributed by atoms with Gasteiger partial charge in [-0.25, -0.2) is 4.98 Å². The zero-order valence-electron chi connectivity index (χ0n) is 13.5. The molecule has 142 valence electrons. The summed E-state index contributed by atoms with van der Waals surface area (Å²) in [6.45, 7) is 1.68. The third-order valence-electron chi connectivity index (χ3n) is 3.72. The Kier molecular flexibility index (Phi) is 6.43. The number of carbonyl (C=O) groups is 1. The lowest BCUT2D eigenvalue weighted by molar-refractivity contribution is -0.137. The van der Waals surface area contributed by atoms with Crippen LogP contribution >= 0.6 is 12.4 Å². The molecular formula is C15H17ClF3N5O2. The molecule has 0 atom stereocenters. The smallest absolute Gasteiger partial charge is 0.417 e. The van der Waals surface area contributed by atoms with E-state index < -0.39 is 11.7 Å². The Morgan fingerprint density at radius 1 is 1.35 bits per heavy atom. The van der Waals surface area contributed by atoms with Crippen molar-refractivity contribution in [2.45, 2.75) is 19.1 Å². The van der Waals surface area contributed by atoms with Gasteiger partial charge in [0.25, 0.3) is 5.91 Å². The molecule has 0 saturated heterocycles. The fourth-order valence-corrected chi connectivity index (χ4v) is 2.45. The largest absolute Gasteiger partial charge is 0.476 e. The van der Waals surface area contributed by atoms with Crippen molar-refractivity contribution in [1.82, 2.24) is 25.8 Å². The van der Waals surface area contributed by atoms with Crippen LogP contribution in [0.25, 0.3) is 0 Å². The Hall–Kier alpha value is -2.33. The minimum absolute atomic E-state index is 0. The Morgan fingerprint density at radius 2 is 2.15 bits per heavy atom. The number of H-pyrrole nitrogens is 1. The van der Waals surface area contributed by atoms with Crippen molar-refractivity contribution in [1.29, 1.82) is 0 Å². The van der Waals surface area contributed by atoms with Crippen molar-refractivity contribution in [2.75, 3.05) is 19.7 Å². The van der Waals surface area contributed by atoms with E-state index in [1.807, 2.05) is 0 Å². The lowest BCUT2D eigenvalue weighted by Gasteiger charge is -2.13. The van der Waals surface area contributed by atoms with Crippen LogP contribution in [-0.2, 0) is 19.1 Å². The molecule has 0 aromatic carbocycles. The number of halogens is 4. The number of nitrogens with zero attached hydrogens (tertiary/aromatic N) is 2. The van der Waals surface area contributed by atoms with Crippen molar-refractivity contribution < 1.29 is 22.7 Å². The second-order valence-corrected chi connectivity index (χ2v) is 5.44. The molecule has 0 aliphatic carbocycles. The summed E-state index contributed by atoms with van der Waals surface area (Å²) in [7, 11) is 0. The number of fused-ring (bicyclic) bond motifs is 1. The maximum Gasteiger partial charge on any atom is 0.417 e. The van der Waals surface area contributed by atoms with Gasteiger partial charge in [-0.2, -0.15) is 18.3 Å². The first-order valence-electron chi connectivity index (χ1n) is 7.66. The van der Waals surface area contributed by atoms with Gasteiger partial charge in [-0.15, -0.1) is 12.4 Å². The summed E-state index contributed by atoms with van der Waals surface area (Å²) in [4.78, 5) is 15.7. The third-order valence-corrected chi connectivity index (χ3v) is 3.72. The molecule has 0 spiro atoms. The molecule has 0 fully saturated rings. The number of nitrogens with one attached hydrogen (secondary N) is 3. The highest BCUT2D eigenvalue weighted by atomic mass is 35.5. The van der Waals surface area contributed by atoms with E-state index in [9.17, 15) is 18.0 Å². The van der Waals surface area contributed by atoms with E-state index in [0.29, 0.717) is 18.4 Å². The predicted molar refractivity (Wildman–Crippen MR) is 88.3 cm³/mol. The van der Waals surface area contributed by atoms with E-state index in [-0.39, 0.29) is 37.3 Å². The summed E-state index contributed by atoms with van der Waals surface area (Å²) in [6.07, 6.45) is -2.94. The van der Waals surface area contributed by atoms with Crippen LogP contribution in [0.2, 0.25) is 0 Å². The fraction of sp³-hybridized carbons (Fsp3) is 0.400. The predicted octanol–water partition coefficient (Wildman–Crippen LogP) is 1.70. The average molecular weight is 392 g/mol. The van der Waals surface area contributed by atoms with Gasteiger partial charge in [-0.1, -0.05) is 0 Å². The number of ether oxygens (including phenoxy) is 1. The number of aromatic nitrogens is 3. The topological polar surface area (TPSA) is 91.9 Å². The summed E-state index contributed by atoms with van der Waals surface area (Å²) in [5.74, 6) is -0.270. The summed E-state index contributed by atoms with van der Waals surface area (Å²) >= 11 is 0. The molecule has 0 unspecified atom stereocenters. The number of carbonyl (C=O) groups excluding carboxylic acids is 1. The van der Waals surface area contributed by atoms with E-state index in [0.717, 1.165) is 36.4 Å². The van der Waals surface area contributed by atoms with Gasteiger partial charge in [0, 0.05) is 43.0 Å². The molecule has 1 aliphatic heterocycles. The third kappa shape index (κ3) is 4.64. The highest BCUT2D eigenvalue weighted by Gasteiger charge is 2.30. The molecule has 2 aromatic heterocycles. The monoisotopic (exact) mass is 391 g/mol. The Morgan fingerprint density at radius 3 is 2.85 bits per heavy atom. The molecule has 3 heterocycles. The minimum atomic E-state index is -4.43. The van der Waals surface area contributed by atoms with E-state index in [4.69, 9.17) is 4.74 Å². The number of hydrogen-bond acceptors (Lipinski definition) is 5. The van der Waals surface area contributed by atoms with Gasteiger partial charge in [0.05, 0.1) is 12.1 Å². The van der Waals surface area contributed by atoms with Crippen LogP contribution in [0.1, 0.15) is 27.3 Å². The molecule has 7 nitrogen and oxygen atoms in total. The second-order valence-electron chi connectivity index (χ2n) is 5.44. The van der Waals surface area contributed by atoms with E-state index in [1.165, 1.54) is 0 Å². The van der Waals surface area contributed by atoms with Crippen LogP contribution in [0, 0.1) is 0 Å². The van der Waals surface area contributed by atoms with E-state index in [1.54, 1.807) is 0 Å². The van der Waals surface area contributed by atoms with Crippen LogP contribution in [-0.4, -0.2) is 40.8 Å². The minimum Gasteiger partial charge on any atom is -0.476 e. The van der Waals surface area contributed by atoms with Gasteiger partial charge >= 0.3 is 6.18 Å². The van der Waals surface area contributed by atoms with Gasteiger partial charge < -0.3 is 15.4 Å². The van der Waals surface area contributed by atoms with Gasteiger partial charge in [-0.05, 0) is 6.07 Å². The molecule has 3 N–H and O–H groups in total. The summed E-state index contributed by atoms with van der Waals surface area (Å²) in [5, 5.41) is 12.7. The van der Waals surface area contributed by atoms with Crippen LogP contribution in [0.5, 0.6) is 5.88 Å². The Balaban J connectivity index is 0.00000243. The lowest BCUT2D eigenvalue weighted by Crippen LogP contribution is -2.31. The highest BCUT2D eigenvalue weighted by Crippen LogP contribution is 2.29. The maximum atomic E-state index is 12.4. The molecule has 2 aromatic rings. The van der Waals surface area contributed by atoms with E-state index in [2.05, 4.69) is 25.8 Å². The number of hydrogen-bond donors (Lipinski definition) is 3. The number of rotatable bonds is 5. The Bertz CT molecular complexity index is 749. The zero-order chi connectivity index (χ0) is 17.9. The van der Waals surface area contributed by atoms with Crippen LogP contribution in [0.3, 0.4) is 0 Å². The molecule has 26 heavy (non-hydrogen) atoms. The van der Waals surface area contributed by atoms with Crippen molar-refractivity contribution in [3.8, 4) is 5.88 Å². The molecule has 1 amide bonds. The summed E-state index contributed by atoms with van der Waals surface area (Å²) in [6, 6.07) is 2.03. The van der Waals surface area contributed by atoms with Gasteiger partial charge in [0.15, 0.2) is 5.69 Å². The molecular weight excluding hydrogens is 375 g/mol. The van der Waals surface area contributed by atoms with Crippen molar-refractivity contribution >= 4 is 18.3 Å². The van der Waals surface area contributed by atoms with Crippen LogP contribution in [0.4, 0.5) is 13.2 Å². The number of pyridine rings is 1. The standard InChI is InChI=1S/C15H16F3N5O2.ClH/c16-15(17,18)9-1-2-12(21-7-9)25-6-5-20-14(24)13-10-8-19-4-3-11(10)22-23-13;/h1-2,7,19H,3-6,8H2,(H,20,24)(H,22,23);1H. The number of aromatic amines is 1. The van der Waals surface area contributed by atoms with Crippen LogP contribution in [0.15, 0.2) is 18.3 Å². The first kappa shape index (κ1) is 20.0.